The fourth-order valence-electron chi connectivity index (χ4n) is 4.60. The van der Waals surface area contributed by atoms with E-state index in [0.29, 0.717) is 30.2 Å². The van der Waals surface area contributed by atoms with Crippen LogP contribution in [0.4, 0.5) is 5.69 Å². The average molecular weight is 412 g/mol. The number of ketones is 1. The maximum Gasteiger partial charge on any atom is 0.231 e. The van der Waals surface area contributed by atoms with Crippen LogP contribution in [-0.4, -0.2) is 58.6 Å². The van der Waals surface area contributed by atoms with E-state index in [2.05, 4.69) is 22.2 Å². The van der Waals surface area contributed by atoms with Crippen molar-refractivity contribution in [2.75, 3.05) is 24.5 Å². The largest absolute Gasteiger partial charge is 0.391 e. The van der Waals surface area contributed by atoms with Crippen LogP contribution in [0.15, 0.2) is 40.9 Å². The molecule has 1 unspecified atom stereocenters. The van der Waals surface area contributed by atoms with Crippen LogP contribution in [0.2, 0.25) is 0 Å². The van der Waals surface area contributed by atoms with E-state index in [1.54, 1.807) is 13.0 Å². The minimum absolute atomic E-state index is 0.0480. The van der Waals surface area contributed by atoms with Crippen LogP contribution in [0.25, 0.3) is 0 Å². The average Bonchev–Trinajstić information content (AvgIpc) is 3.47. The zero-order chi connectivity index (χ0) is 21.1. The summed E-state index contributed by atoms with van der Waals surface area (Å²) in [5.41, 5.74) is 1.94. The minimum atomic E-state index is -0.653. The van der Waals surface area contributed by atoms with Gasteiger partial charge in [0.15, 0.2) is 5.78 Å². The number of anilines is 1. The van der Waals surface area contributed by atoms with Gasteiger partial charge in [-0.1, -0.05) is 23.4 Å². The van der Waals surface area contributed by atoms with Gasteiger partial charge in [0, 0.05) is 44.2 Å². The third kappa shape index (κ3) is 4.73. The summed E-state index contributed by atoms with van der Waals surface area (Å²) in [5.74, 6) is 0.808. The van der Waals surface area contributed by atoms with Gasteiger partial charge in [-0.2, -0.15) is 0 Å². The highest BCUT2D eigenvalue weighted by Gasteiger charge is 2.39. The van der Waals surface area contributed by atoms with E-state index in [4.69, 9.17) is 4.52 Å². The fraction of sp³-hybridized carbons (Fsp3) is 0.522. The Balaban J connectivity index is 1.30. The van der Waals surface area contributed by atoms with Gasteiger partial charge in [-0.05, 0) is 37.8 Å². The number of amides is 1. The number of Topliss-reactive ketones (excluding diaryl/α,β-unsaturated/α-hetero) is 1. The lowest BCUT2D eigenvalue weighted by atomic mass is 9.97. The van der Waals surface area contributed by atoms with Crippen molar-refractivity contribution >= 4 is 17.4 Å². The van der Waals surface area contributed by atoms with Gasteiger partial charge in [-0.25, -0.2) is 0 Å². The van der Waals surface area contributed by atoms with Gasteiger partial charge in [0.25, 0.3) is 0 Å². The molecule has 4 rings (SSSR count). The maximum absolute atomic E-state index is 12.9. The highest BCUT2D eigenvalue weighted by Crippen LogP contribution is 2.28. The maximum atomic E-state index is 12.9. The number of rotatable bonds is 7. The molecule has 1 aromatic heterocycles. The van der Waals surface area contributed by atoms with Crippen molar-refractivity contribution in [3.63, 3.8) is 0 Å². The summed E-state index contributed by atoms with van der Waals surface area (Å²) in [5, 5.41) is 13.9. The molecule has 0 aliphatic carbocycles. The molecular formula is C23H29N3O4. The highest BCUT2D eigenvalue weighted by atomic mass is 16.5. The smallest absolute Gasteiger partial charge is 0.231 e. The van der Waals surface area contributed by atoms with Crippen LogP contribution in [0.5, 0.6) is 0 Å². The summed E-state index contributed by atoms with van der Waals surface area (Å²) < 4.78 is 5.13. The molecule has 0 radical (unpaired) electrons. The van der Waals surface area contributed by atoms with E-state index in [1.807, 2.05) is 18.2 Å². The van der Waals surface area contributed by atoms with Crippen LogP contribution in [-0.2, 0) is 16.0 Å². The molecule has 2 saturated heterocycles. The molecule has 3 atom stereocenters. The summed E-state index contributed by atoms with van der Waals surface area (Å²) in [6.45, 7) is 3.96. The predicted octanol–water partition coefficient (Wildman–Crippen LogP) is 2.36. The molecule has 1 N–H and O–H groups in total. The topological polar surface area (TPSA) is 86.9 Å². The molecule has 2 aromatic rings. The third-order valence-corrected chi connectivity index (χ3v) is 6.18. The fourth-order valence-corrected chi connectivity index (χ4v) is 4.60. The number of aromatic nitrogens is 1. The lowest BCUT2D eigenvalue weighted by molar-refractivity contribution is -0.137. The second kappa shape index (κ2) is 9.00. The lowest BCUT2D eigenvalue weighted by Gasteiger charge is -2.23. The number of benzene rings is 1. The summed E-state index contributed by atoms with van der Waals surface area (Å²) in [6.07, 6.45) is 2.06. The highest BCUT2D eigenvalue weighted by molar-refractivity contribution is 5.90. The number of aliphatic hydroxyl groups is 1. The standard InChI is InChI=1S/C23H29N3O4/c1-16-11-20(30-24-16)13-23(29)26-15-19(27)12-21(26)22(28)8-7-17-9-10-25(14-17)18-5-3-2-4-6-18/h2-6,11,17,19,21,27H,7-10,12-15H2,1H3/t17?,19-,21+/m1/s1. The summed E-state index contributed by atoms with van der Waals surface area (Å²) in [7, 11) is 0. The van der Waals surface area contributed by atoms with Crippen LogP contribution >= 0.6 is 0 Å². The third-order valence-electron chi connectivity index (χ3n) is 6.18. The van der Waals surface area contributed by atoms with Gasteiger partial charge in [0.05, 0.1) is 24.3 Å². The number of para-hydroxylation sites is 1. The van der Waals surface area contributed by atoms with E-state index in [0.717, 1.165) is 25.9 Å². The van der Waals surface area contributed by atoms with Crippen LogP contribution in [0.3, 0.4) is 0 Å². The summed E-state index contributed by atoms with van der Waals surface area (Å²) in [6, 6.07) is 11.5. The number of β-amino-alcohol motifs (C(OH)–C–C–N with tert-alkyl or cyclic N) is 1. The predicted molar refractivity (Wildman–Crippen MR) is 112 cm³/mol. The van der Waals surface area contributed by atoms with Gasteiger partial charge in [0.2, 0.25) is 5.91 Å². The van der Waals surface area contributed by atoms with Crippen molar-refractivity contribution in [3.05, 3.63) is 47.9 Å². The molecule has 0 bridgehead atoms. The number of carbonyl (C=O) groups excluding carboxylic acids is 2. The monoisotopic (exact) mass is 411 g/mol. The molecule has 0 spiro atoms. The summed E-state index contributed by atoms with van der Waals surface area (Å²) in [4.78, 5) is 29.5. The number of carbonyl (C=O) groups is 2. The van der Waals surface area contributed by atoms with Crippen LogP contribution in [0, 0.1) is 12.8 Å². The molecule has 1 amide bonds. The molecule has 3 heterocycles. The van der Waals surface area contributed by atoms with Gasteiger partial charge < -0.3 is 19.4 Å². The first-order valence-electron chi connectivity index (χ1n) is 10.7. The normalized spacial score (nSPS) is 23.9. The molecule has 7 heteroatoms. The van der Waals surface area contributed by atoms with E-state index < -0.39 is 12.1 Å². The molecule has 2 aliphatic rings. The summed E-state index contributed by atoms with van der Waals surface area (Å²) >= 11 is 0. The van der Waals surface area contributed by atoms with Crippen molar-refractivity contribution in [2.24, 2.45) is 5.92 Å². The van der Waals surface area contributed by atoms with Crippen LogP contribution in [0.1, 0.15) is 37.1 Å². The number of aliphatic hydroxyl groups excluding tert-OH is 1. The molecular weight excluding hydrogens is 382 g/mol. The number of hydrogen-bond donors (Lipinski definition) is 1. The van der Waals surface area contributed by atoms with Gasteiger partial charge in [-0.3, -0.25) is 9.59 Å². The van der Waals surface area contributed by atoms with E-state index in [9.17, 15) is 14.7 Å². The van der Waals surface area contributed by atoms with Crippen molar-refractivity contribution in [3.8, 4) is 0 Å². The van der Waals surface area contributed by atoms with Crippen molar-refractivity contribution in [2.45, 2.75) is 51.2 Å². The van der Waals surface area contributed by atoms with Gasteiger partial charge in [-0.15, -0.1) is 0 Å². The van der Waals surface area contributed by atoms with E-state index in [1.165, 1.54) is 10.6 Å². The second-order valence-electron chi connectivity index (χ2n) is 8.50. The number of nitrogens with zero attached hydrogens (tertiary/aromatic N) is 3. The Morgan fingerprint density at radius 2 is 2.03 bits per heavy atom. The van der Waals surface area contributed by atoms with Gasteiger partial charge >= 0.3 is 0 Å². The Morgan fingerprint density at radius 3 is 2.77 bits per heavy atom. The molecule has 2 fully saturated rings. The number of likely N-dealkylation sites (tertiary alicyclic amines) is 1. The van der Waals surface area contributed by atoms with E-state index in [-0.39, 0.29) is 24.7 Å². The quantitative estimate of drug-likeness (QED) is 0.753. The molecule has 0 saturated carbocycles. The lowest BCUT2D eigenvalue weighted by Crippen LogP contribution is -2.41. The molecule has 30 heavy (non-hydrogen) atoms. The Kier molecular flexibility index (Phi) is 6.18. The SMILES string of the molecule is Cc1cc(CC(=O)N2C[C@H](O)C[C@H]2C(=O)CCC2CCN(c3ccccc3)C2)on1. The Bertz CT molecular complexity index is 882. The van der Waals surface area contributed by atoms with Crippen molar-refractivity contribution < 1.29 is 19.2 Å². The van der Waals surface area contributed by atoms with Crippen molar-refractivity contribution in [1.29, 1.82) is 0 Å². The van der Waals surface area contributed by atoms with Crippen LogP contribution < -0.4 is 4.90 Å². The Morgan fingerprint density at radius 1 is 1.23 bits per heavy atom. The number of hydrogen-bond acceptors (Lipinski definition) is 6. The molecule has 7 nitrogen and oxygen atoms in total. The molecule has 160 valence electrons. The Hall–Kier alpha value is -2.67. The van der Waals surface area contributed by atoms with E-state index >= 15 is 0 Å². The Labute approximate surface area is 176 Å². The zero-order valence-corrected chi connectivity index (χ0v) is 17.4. The molecule has 2 aliphatic heterocycles. The first-order valence-corrected chi connectivity index (χ1v) is 10.7. The minimum Gasteiger partial charge on any atom is -0.391 e. The second-order valence-corrected chi connectivity index (χ2v) is 8.50. The molecule has 1 aromatic carbocycles. The first-order chi connectivity index (χ1) is 14.5. The van der Waals surface area contributed by atoms with Gasteiger partial charge in [0.1, 0.15) is 5.76 Å². The number of aryl methyl sites for hydroxylation is 1. The first kappa shape index (κ1) is 20.6. The zero-order valence-electron chi connectivity index (χ0n) is 17.4. The van der Waals surface area contributed by atoms with Crippen molar-refractivity contribution in [1.82, 2.24) is 10.1 Å².